The van der Waals surface area contributed by atoms with E-state index in [1.54, 1.807) is 23.9 Å². The Morgan fingerprint density at radius 3 is 2.95 bits per heavy atom. The predicted molar refractivity (Wildman–Crippen MR) is 83.7 cm³/mol. The lowest BCUT2D eigenvalue weighted by atomic mass is 10.2. The third-order valence-electron chi connectivity index (χ3n) is 3.04. The van der Waals surface area contributed by atoms with Crippen LogP contribution in [-0.4, -0.2) is 16.7 Å². The van der Waals surface area contributed by atoms with Gasteiger partial charge in [-0.3, -0.25) is 4.79 Å². The number of methoxy groups -OCH3 is 1. The van der Waals surface area contributed by atoms with Gasteiger partial charge in [-0.25, -0.2) is 4.98 Å². The SMILES string of the molecule is COc1cc2c(ccc(=O)n2Cc2nccs2)cc1Br. The summed E-state index contributed by atoms with van der Waals surface area (Å²) in [5, 5.41) is 3.79. The Balaban J connectivity index is 2.23. The Morgan fingerprint density at radius 2 is 2.25 bits per heavy atom. The van der Waals surface area contributed by atoms with Crippen LogP contribution >= 0.6 is 27.3 Å². The Labute approximate surface area is 127 Å². The molecule has 0 radical (unpaired) electrons. The van der Waals surface area contributed by atoms with Crippen molar-refractivity contribution >= 4 is 38.2 Å². The molecule has 0 saturated heterocycles. The topological polar surface area (TPSA) is 44.1 Å². The van der Waals surface area contributed by atoms with E-state index >= 15 is 0 Å². The summed E-state index contributed by atoms with van der Waals surface area (Å²) in [5.74, 6) is 0.705. The van der Waals surface area contributed by atoms with Gasteiger partial charge in [-0.1, -0.05) is 0 Å². The fourth-order valence-corrected chi connectivity index (χ4v) is 3.21. The molecule has 0 N–H and O–H groups in total. The summed E-state index contributed by atoms with van der Waals surface area (Å²) in [4.78, 5) is 16.4. The molecule has 4 nitrogen and oxygen atoms in total. The third kappa shape index (κ3) is 2.36. The summed E-state index contributed by atoms with van der Waals surface area (Å²) < 4.78 is 7.89. The first-order valence-electron chi connectivity index (χ1n) is 5.94. The van der Waals surface area contributed by atoms with Gasteiger partial charge in [0, 0.05) is 23.7 Å². The van der Waals surface area contributed by atoms with Crippen LogP contribution in [0.15, 0.2) is 45.1 Å². The molecule has 0 amide bonds. The van der Waals surface area contributed by atoms with E-state index in [2.05, 4.69) is 20.9 Å². The zero-order chi connectivity index (χ0) is 14.1. The monoisotopic (exact) mass is 350 g/mol. The Kier molecular flexibility index (Phi) is 3.58. The van der Waals surface area contributed by atoms with Gasteiger partial charge in [0.05, 0.1) is 23.6 Å². The first kappa shape index (κ1) is 13.3. The van der Waals surface area contributed by atoms with Gasteiger partial charge in [0.15, 0.2) is 0 Å². The number of hydrogen-bond donors (Lipinski definition) is 0. The summed E-state index contributed by atoms with van der Waals surface area (Å²) in [5.41, 5.74) is 0.796. The van der Waals surface area contributed by atoms with Crippen molar-refractivity contribution in [2.75, 3.05) is 7.11 Å². The van der Waals surface area contributed by atoms with E-state index in [1.165, 1.54) is 11.3 Å². The molecule has 0 aliphatic heterocycles. The van der Waals surface area contributed by atoms with Gasteiger partial charge in [-0.05, 0) is 33.4 Å². The van der Waals surface area contributed by atoms with E-state index in [0.29, 0.717) is 12.3 Å². The molecule has 2 aromatic heterocycles. The molecule has 20 heavy (non-hydrogen) atoms. The van der Waals surface area contributed by atoms with Crippen molar-refractivity contribution in [1.82, 2.24) is 9.55 Å². The van der Waals surface area contributed by atoms with E-state index in [9.17, 15) is 4.79 Å². The smallest absolute Gasteiger partial charge is 0.251 e. The zero-order valence-electron chi connectivity index (χ0n) is 10.7. The summed E-state index contributed by atoms with van der Waals surface area (Å²) in [6.45, 7) is 0.471. The molecule has 0 saturated carbocycles. The number of rotatable bonds is 3. The lowest BCUT2D eigenvalue weighted by Crippen LogP contribution is -2.19. The van der Waals surface area contributed by atoms with Crippen LogP contribution in [-0.2, 0) is 6.54 Å². The van der Waals surface area contributed by atoms with Crippen molar-refractivity contribution in [1.29, 1.82) is 0 Å². The van der Waals surface area contributed by atoms with E-state index < -0.39 is 0 Å². The van der Waals surface area contributed by atoms with Crippen molar-refractivity contribution in [3.8, 4) is 5.75 Å². The summed E-state index contributed by atoms with van der Waals surface area (Å²) >= 11 is 5.00. The van der Waals surface area contributed by atoms with Gasteiger partial charge < -0.3 is 9.30 Å². The molecule has 3 rings (SSSR count). The number of benzene rings is 1. The average Bonchev–Trinajstić information content (AvgIpc) is 2.94. The van der Waals surface area contributed by atoms with Crippen LogP contribution in [0.5, 0.6) is 5.75 Å². The maximum atomic E-state index is 12.1. The number of hydrogen-bond acceptors (Lipinski definition) is 4. The highest BCUT2D eigenvalue weighted by Crippen LogP contribution is 2.29. The highest BCUT2D eigenvalue weighted by atomic mass is 79.9. The molecule has 0 spiro atoms. The number of pyridine rings is 1. The number of halogens is 1. The van der Waals surface area contributed by atoms with E-state index in [1.807, 2.05) is 23.6 Å². The standard InChI is InChI=1S/C14H11BrN2O2S/c1-19-12-7-11-9(6-10(12)15)2-3-14(18)17(11)8-13-16-4-5-20-13/h2-7H,8H2,1H3. The van der Waals surface area contributed by atoms with Crippen LogP contribution in [0, 0.1) is 0 Å². The fraction of sp³-hybridized carbons (Fsp3) is 0.143. The molecular formula is C14H11BrN2O2S. The van der Waals surface area contributed by atoms with Crippen LogP contribution in [0.4, 0.5) is 0 Å². The number of ether oxygens (including phenoxy) is 1. The minimum absolute atomic E-state index is 0.0444. The average molecular weight is 351 g/mol. The molecule has 0 atom stereocenters. The van der Waals surface area contributed by atoms with Gasteiger partial charge >= 0.3 is 0 Å². The predicted octanol–water partition coefficient (Wildman–Crippen LogP) is 3.28. The molecule has 0 fully saturated rings. The molecule has 6 heteroatoms. The first-order chi connectivity index (χ1) is 9.69. The van der Waals surface area contributed by atoms with Gasteiger partial charge in [0.1, 0.15) is 10.8 Å². The maximum Gasteiger partial charge on any atom is 0.251 e. The molecular weight excluding hydrogens is 340 g/mol. The quantitative estimate of drug-likeness (QED) is 0.728. The number of thiazole rings is 1. The van der Waals surface area contributed by atoms with Crippen molar-refractivity contribution < 1.29 is 4.74 Å². The van der Waals surface area contributed by atoms with Crippen LogP contribution < -0.4 is 10.3 Å². The second-order valence-electron chi connectivity index (χ2n) is 4.23. The van der Waals surface area contributed by atoms with Gasteiger partial charge in [-0.15, -0.1) is 11.3 Å². The van der Waals surface area contributed by atoms with Crippen molar-refractivity contribution in [3.63, 3.8) is 0 Å². The number of nitrogens with zero attached hydrogens (tertiary/aromatic N) is 2. The second kappa shape index (κ2) is 5.38. The highest BCUT2D eigenvalue weighted by Gasteiger charge is 2.09. The maximum absolute atomic E-state index is 12.1. The van der Waals surface area contributed by atoms with Gasteiger partial charge in [0.25, 0.3) is 5.56 Å². The van der Waals surface area contributed by atoms with Crippen LogP contribution in [0.2, 0.25) is 0 Å². The van der Waals surface area contributed by atoms with Crippen molar-refractivity contribution in [2.24, 2.45) is 0 Å². The fourth-order valence-electron chi connectivity index (χ4n) is 2.08. The van der Waals surface area contributed by atoms with Crippen LogP contribution in [0.1, 0.15) is 5.01 Å². The number of aromatic nitrogens is 2. The molecule has 0 aliphatic rings. The van der Waals surface area contributed by atoms with E-state index in [4.69, 9.17) is 4.74 Å². The minimum Gasteiger partial charge on any atom is -0.495 e. The van der Waals surface area contributed by atoms with E-state index in [0.717, 1.165) is 20.4 Å². The molecule has 0 bridgehead atoms. The molecule has 2 heterocycles. The second-order valence-corrected chi connectivity index (χ2v) is 6.06. The zero-order valence-corrected chi connectivity index (χ0v) is 13.1. The van der Waals surface area contributed by atoms with Gasteiger partial charge in [-0.2, -0.15) is 0 Å². The lowest BCUT2D eigenvalue weighted by molar-refractivity contribution is 0.412. The lowest BCUT2D eigenvalue weighted by Gasteiger charge is -2.11. The normalized spacial score (nSPS) is 10.9. The largest absolute Gasteiger partial charge is 0.495 e. The molecule has 0 unspecified atom stereocenters. The summed E-state index contributed by atoms with van der Waals surface area (Å²) in [7, 11) is 1.61. The molecule has 102 valence electrons. The van der Waals surface area contributed by atoms with Gasteiger partial charge in [0.2, 0.25) is 0 Å². The summed E-state index contributed by atoms with van der Waals surface area (Å²) in [6, 6.07) is 7.22. The minimum atomic E-state index is -0.0444. The van der Waals surface area contributed by atoms with Crippen molar-refractivity contribution in [3.05, 3.63) is 55.7 Å². The third-order valence-corrected chi connectivity index (χ3v) is 4.42. The Hall–Kier alpha value is -1.66. The Bertz CT molecular complexity index is 812. The molecule has 1 aromatic carbocycles. The first-order valence-corrected chi connectivity index (χ1v) is 7.62. The van der Waals surface area contributed by atoms with Crippen LogP contribution in [0.25, 0.3) is 10.9 Å². The van der Waals surface area contributed by atoms with Crippen LogP contribution in [0.3, 0.4) is 0 Å². The highest BCUT2D eigenvalue weighted by molar-refractivity contribution is 9.10. The molecule has 0 aliphatic carbocycles. The number of fused-ring (bicyclic) bond motifs is 1. The summed E-state index contributed by atoms with van der Waals surface area (Å²) in [6.07, 6.45) is 1.74. The molecule has 3 aromatic rings. The Morgan fingerprint density at radius 1 is 1.40 bits per heavy atom. The van der Waals surface area contributed by atoms with Crippen molar-refractivity contribution in [2.45, 2.75) is 6.54 Å². The van der Waals surface area contributed by atoms with E-state index in [-0.39, 0.29) is 5.56 Å².